The summed E-state index contributed by atoms with van der Waals surface area (Å²) in [6, 6.07) is 6.07. The molecule has 0 saturated carbocycles. The Balaban J connectivity index is 1.79. The van der Waals surface area contributed by atoms with Crippen LogP contribution in [-0.4, -0.2) is 62.6 Å². The molecule has 2 heterocycles. The van der Waals surface area contributed by atoms with E-state index in [2.05, 4.69) is 15.5 Å². The number of ether oxygens (including phenoxy) is 1. The number of rotatable bonds is 4. The smallest absolute Gasteiger partial charge is 0.236 e. The number of thioether (sulfide) groups is 1. The summed E-state index contributed by atoms with van der Waals surface area (Å²) < 4.78 is 7.02. The number of aryl methyl sites for hydroxylation is 2. The highest BCUT2D eigenvalue weighted by atomic mass is 32.2. The summed E-state index contributed by atoms with van der Waals surface area (Å²) >= 11 is 1.39. The zero-order chi connectivity index (χ0) is 17.1. The van der Waals surface area contributed by atoms with Gasteiger partial charge in [0, 0.05) is 13.1 Å². The van der Waals surface area contributed by atoms with Crippen LogP contribution in [0.25, 0.3) is 5.69 Å². The quantitative estimate of drug-likeness (QED) is 0.783. The van der Waals surface area contributed by atoms with Gasteiger partial charge in [-0.25, -0.2) is 0 Å². The van der Waals surface area contributed by atoms with Crippen molar-refractivity contribution in [2.45, 2.75) is 31.2 Å². The van der Waals surface area contributed by atoms with Crippen LogP contribution in [0.15, 0.2) is 23.4 Å². The predicted octanol–water partition coefficient (Wildman–Crippen LogP) is 1.62. The van der Waals surface area contributed by atoms with Crippen molar-refractivity contribution in [1.29, 1.82) is 0 Å². The summed E-state index contributed by atoms with van der Waals surface area (Å²) in [6.45, 7) is 8.44. The molecule has 0 bridgehead atoms. The van der Waals surface area contributed by atoms with Crippen molar-refractivity contribution in [3.63, 3.8) is 0 Å². The fourth-order valence-electron chi connectivity index (χ4n) is 2.78. The van der Waals surface area contributed by atoms with E-state index in [0.29, 0.717) is 31.5 Å². The number of amides is 1. The summed E-state index contributed by atoms with van der Waals surface area (Å²) in [7, 11) is 0. The van der Waals surface area contributed by atoms with Gasteiger partial charge in [-0.1, -0.05) is 30.0 Å². The van der Waals surface area contributed by atoms with Crippen LogP contribution < -0.4 is 0 Å². The first-order valence-electron chi connectivity index (χ1n) is 7.96. The van der Waals surface area contributed by atoms with E-state index < -0.39 is 0 Å². The molecule has 3 rings (SSSR count). The molecule has 0 radical (unpaired) electrons. The van der Waals surface area contributed by atoms with Crippen molar-refractivity contribution in [3.05, 3.63) is 29.3 Å². The highest BCUT2D eigenvalue weighted by Gasteiger charge is 2.25. The van der Waals surface area contributed by atoms with Gasteiger partial charge < -0.3 is 9.64 Å². The minimum Gasteiger partial charge on any atom is -0.378 e. The molecular weight excluding hydrogens is 326 g/mol. The van der Waals surface area contributed by atoms with Crippen LogP contribution in [0.5, 0.6) is 0 Å². The average molecular weight is 347 g/mol. The topological polar surface area (TPSA) is 73.1 Å². The van der Waals surface area contributed by atoms with Crippen LogP contribution in [0.4, 0.5) is 0 Å². The molecule has 0 N–H and O–H groups in total. The van der Waals surface area contributed by atoms with Crippen molar-refractivity contribution >= 4 is 17.7 Å². The Morgan fingerprint density at radius 3 is 2.58 bits per heavy atom. The van der Waals surface area contributed by atoms with Crippen LogP contribution in [-0.2, 0) is 9.53 Å². The van der Waals surface area contributed by atoms with Gasteiger partial charge in [-0.2, -0.15) is 4.68 Å². The SMILES string of the molecule is Cc1cccc(C)c1-n1nnnc1S[C@@H](C)C(=O)N1CCOCC1. The molecule has 1 saturated heterocycles. The minimum atomic E-state index is -0.253. The Hall–Kier alpha value is -1.93. The first kappa shape index (κ1) is 16.9. The van der Waals surface area contributed by atoms with E-state index in [4.69, 9.17) is 4.74 Å². The third-order valence-electron chi connectivity index (χ3n) is 4.04. The third kappa shape index (κ3) is 3.44. The van der Waals surface area contributed by atoms with Gasteiger partial charge in [0.2, 0.25) is 11.1 Å². The lowest BCUT2D eigenvalue weighted by atomic mass is 10.1. The Morgan fingerprint density at radius 2 is 1.92 bits per heavy atom. The fraction of sp³-hybridized carbons (Fsp3) is 0.500. The summed E-state index contributed by atoms with van der Waals surface area (Å²) in [4.78, 5) is 14.4. The van der Waals surface area contributed by atoms with Crippen LogP contribution in [0.1, 0.15) is 18.1 Å². The fourth-order valence-corrected chi connectivity index (χ4v) is 3.66. The van der Waals surface area contributed by atoms with Gasteiger partial charge in [0.15, 0.2) is 0 Å². The number of tetrazole rings is 1. The van der Waals surface area contributed by atoms with E-state index in [-0.39, 0.29) is 11.2 Å². The zero-order valence-corrected chi connectivity index (χ0v) is 14.9. The van der Waals surface area contributed by atoms with E-state index in [0.717, 1.165) is 16.8 Å². The van der Waals surface area contributed by atoms with E-state index >= 15 is 0 Å². The van der Waals surface area contributed by atoms with Gasteiger partial charge in [-0.05, 0) is 42.3 Å². The number of morpholine rings is 1. The van der Waals surface area contributed by atoms with Crippen LogP contribution in [0, 0.1) is 13.8 Å². The first-order valence-corrected chi connectivity index (χ1v) is 8.84. The summed E-state index contributed by atoms with van der Waals surface area (Å²) in [5, 5.41) is 12.4. The molecule has 0 unspecified atom stereocenters. The monoisotopic (exact) mass is 347 g/mol. The van der Waals surface area contributed by atoms with Crippen molar-refractivity contribution in [2.75, 3.05) is 26.3 Å². The van der Waals surface area contributed by atoms with E-state index in [1.54, 1.807) is 4.68 Å². The van der Waals surface area contributed by atoms with E-state index in [9.17, 15) is 4.79 Å². The highest BCUT2D eigenvalue weighted by Crippen LogP contribution is 2.27. The van der Waals surface area contributed by atoms with E-state index in [1.165, 1.54) is 11.8 Å². The zero-order valence-electron chi connectivity index (χ0n) is 14.1. The predicted molar refractivity (Wildman–Crippen MR) is 91.3 cm³/mol. The Kier molecular flexibility index (Phi) is 5.15. The van der Waals surface area contributed by atoms with Gasteiger partial charge in [-0.3, -0.25) is 4.79 Å². The Bertz CT molecular complexity index is 707. The molecule has 128 valence electrons. The number of nitrogens with zero attached hydrogens (tertiary/aromatic N) is 5. The Morgan fingerprint density at radius 1 is 1.25 bits per heavy atom. The van der Waals surface area contributed by atoms with Gasteiger partial charge in [0.1, 0.15) is 0 Å². The highest BCUT2D eigenvalue weighted by molar-refractivity contribution is 8.00. The molecule has 1 aromatic carbocycles. The molecule has 1 fully saturated rings. The number of carbonyl (C=O) groups is 1. The third-order valence-corrected chi connectivity index (χ3v) is 5.07. The van der Waals surface area contributed by atoms with Crippen molar-refractivity contribution in [3.8, 4) is 5.69 Å². The van der Waals surface area contributed by atoms with Gasteiger partial charge >= 0.3 is 0 Å². The van der Waals surface area contributed by atoms with Gasteiger partial charge in [-0.15, -0.1) is 5.10 Å². The standard InChI is InChI=1S/C16H21N5O2S/c1-11-5-4-6-12(2)14(11)21-16(17-18-19-21)24-13(3)15(22)20-7-9-23-10-8-20/h4-6,13H,7-10H2,1-3H3/t13-/m0/s1. The van der Waals surface area contributed by atoms with Gasteiger partial charge in [0.25, 0.3) is 0 Å². The molecule has 7 nitrogen and oxygen atoms in total. The number of aromatic nitrogens is 4. The largest absolute Gasteiger partial charge is 0.378 e. The average Bonchev–Trinajstić information content (AvgIpc) is 3.02. The lowest BCUT2D eigenvalue weighted by Crippen LogP contribution is -2.44. The molecule has 1 aliphatic heterocycles. The number of benzene rings is 1. The molecule has 1 aromatic heterocycles. The van der Waals surface area contributed by atoms with Gasteiger partial charge in [0.05, 0.1) is 24.2 Å². The molecular formula is C16H21N5O2S. The second kappa shape index (κ2) is 7.31. The van der Waals surface area contributed by atoms with E-state index in [1.807, 2.05) is 43.9 Å². The second-order valence-electron chi connectivity index (χ2n) is 5.81. The lowest BCUT2D eigenvalue weighted by molar-refractivity contribution is -0.134. The molecule has 1 aliphatic rings. The first-order chi connectivity index (χ1) is 11.6. The summed E-state index contributed by atoms with van der Waals surface area (Å²) in [6.07, 6.45) is 0. The summed E-state index contributed by atoms with van der Waals surface area (Å²) in [5.74, 6) is 0.0966. The molecule has 2 aromatic rings. The minimum absolute atomic E-state index is 0.0966. The maximum absolute atomic E-state index is 12.6. The number of hydrogen-bond donors (Lipinski definition) is 0. The molecule has 24 heavy (non-hydrogen) atoms. The van der Waals surface area contributed by atoms with Crippen LogP contribution in [0.2, 0.25) is 0 Å². The van der Waals surface area contributed by atoms with Crippen molar-refractivity contribution < 1.29 is 9.53 Å². The number of para-hydroxylation sites is 1. The normalized spacial score (nSPS) is 16.2. The number of carbonyl (C=O) groups excluding carboxylic acids is 1. The Labute approximate surface area is 145 Å². The molecule has 0 spiro atoms. The molecule has 0 aliphatic carbocycles. The maximum atomic E-state index is 12.6. The second-order valence-corrected chi connectivity index (χ2v) is 7.12. The molecule has 1 atom stereocenters. The maximum Gasteiger partial charge on any atom is 0.236 e. The lowest BCUT2D eigenvalue weighted by Gasteiger charge is -2.28. The molecule has 8 heteroatoms. The number of hydrogen-bond acceptors (Lipinski definition) is 6. The van der Waals surface area contributed by atoms with Crippen LogP contribution >= 0.6 is 11.8 Å². The molecule has 1 amide bonds. The summed E-state index contributed by atoms with van der Waals surface area (Å²) in [5.41, 5.74) is 3.16. The van der Waals surface area contributed by atoms with Crippen LogP contribution in [0.3, 0.4) is 0 Å². The van der Waals surface area contributed by atoms with Crippen molar-refractivity contribution in [2.24, 2.45) is 0 Å². The van der Waals surface area contributed by atoms with Crippen molar-refractivity contribution in [1.82, 2.24) is 25.1 Å².